The van der Waals surface area contributed by atoms with Crippen LogP contribution in [0.5, 0.6) is 0 Å². The fourth-order valence-electron chi connectivity index (χ4n) is 3.75. The zero-order chi connectivity index (χ0) is 23.9. The summed E-state index contributed by atoms with van der Waals surface area (Å²) < 4.78 is 4.00. The fraction of sp³-hybridized carbons (Fsp3) is 0.130. The average Bonchev–Trinajstić information content (AvgIpc) is 2.80. The number of aliphatic carboxylic acids is 1. The third-order valence-corrected chi connectivity index (χ3v) is 5.84. The molecule has 4 aromatic rings. The van der Waals surface area contributed by atoms with Gasteiger partial charge >= 0.3 is 11.7 Å². The summed E-state index contributed by atoms with van der Waals surface area (Å²) in [7, 11) is 1.51. The molecule has 2 aromatic carbocycles. The van der Waals surface area contributed by atoms with E-state index < -0.39 is 29.3 Å². The number of nitrogens with one attached hydrogen (secondary N) is 1. The van der Waals surface area contributed by atoms with Crippen molar-refractivity contribution in [2.75, 3.05) is 5.32 Å². The number of para-hydroxylation sites is 1. The third-order valence-electron chi connectivity index (χ3n) is 5.31. The molecule has 0 saturated carbocycles. The van der Waals surface area contributed by atoms with Crippen molar-refractivity contribution in [1.29, 1.82) is 0 Å². The SMILES string of the molecule is Cc1c(=O)n(C)c(Nc2ccc(Br)cc2)c2c(=O)n(CC(=O)O)c(=O)n(-c3ccccc3)c12. The number of carboxylic acid groups (broad SMARTS) is 1. The van der Waals surface area contributed by atoms with Crippen LogP contribution in [0.25, 0.3) is 16.6 Å². The van der Waals surface area contributed by atoms with Gasteiger partial charge in [0, 0.05) is 22.8 Å². The van der Waals surface area contributed by atoms with Crippen molar-refractivity contribution in [3.63, 3.8) is 0 Å². The Bertz CT molecular complexity index is 1570. The predicted octanol–water partition coefficient (Wildman–Crippen LogP) is 2.75. The molecule has 0 aliphatic carbocycles. The summed E-state index contributed by atoms with van der Waals surface area (Å²) in [6.45, 7) is 0.716. The van der Waals surface area contributed by atoms with Crippen LogP contribution in [0.1, 0.15) is 5.56 Å². The number of anilines is 2. The first-order valence-corrected chi connectivity index (χ1v) is 10.7. The average molecular weight is 511 g/mol. The molecule has 0 radical (unpaired) electrons. The van der Waals surface area contributed by atoms with E-state index in [4.69, 9.17) is 0 Å². The highest BCUT2D eigenvalue weighted by Crippen LogP contribution is 2.26. The summed E-state index contributed by atoms with van der Waals surface area (Å²) in [6, 6.07) is 15.6. The highest BCUT2D eigenvalue weighted by molar-refractivity contribution is 9.10. The summed E-state index contributed by atoms with van der Waals surface area (Å²) in [5.41, 5.74) is -0.732. The van der Waals surface area contributed by atoms with Gasteiger partial charge in [0.2, 0.25) is 0 Å². The van der Waals surface area contributed by atoms with Crippen molar-refractivity contribution >= 4 is 44.3 Å². The van der Waals surface area contributed by atoms with Gasteiger partial charge < -0.3 is 10.4 Å². The Morgan fingerprint density at radius 2 is 1.64 bits per heavy atom. The van der Waals surface area contributed by atoms with E-state index in [1.165, 1.54) is 23.1 Å². The second-order valence-electron chi connectivity index (χ2n) is 7.43. The molecule has 0 saturated heterocycles. The minimum absolute atomic E-state index is 0.0298. The molecule has 0 spiro atoms. The second-order valence-corrected chi connectivity index (χ2v) is 8.35. The minimum atomic E-state index is -1.34. The molecule has 33 heavy (non-hydrogen) atoms. The quantitative estimate of drug-likeness (QED) is 0.426. The molecule has 2 N–H and O–H groups in total. The van der Waals surface area contributed by atoms with Crippen LogP contribution in [-0.4, -0.2) is 24.8 Å². The van der Waals surface area contributed by atoms with Crippen molar-refractivity contribution in [3.8, 4) is 5.69 Å². The van der Waals surface area contributed by atoms with E-state index in [-0.39, 0.29) is 22.3 Å². The summed E-state index contributed by atoms with van der Waals surface area (Å²) in [5, 5.41) is 12.5. The molecular weight excluding hydrogens is 492 g/mol. The second kappa shape index (κ2) is 8.55. The van der Waals surface area contributed by atoms with E-state index in [2.05, 4.69) is 21.2 Å². The van der Waals surface area contributed by atoms with Gasteiger partial charge in [-0.05, 0) is 43.3 Å². The van der Waals surface area contributed by atoms with Crippen molar-refractivity contribution in [2.45, 2.75) is 13.5 Å². The molecule has 4 rings (SSSR count). The lowest BCUT2D eigenvalue weighted by atomic mass is 10.1. The van der Waals surface area contributed by atoms with Gasteiger partial charge in [-0.3, -0.25) is 23.5 Å². The van der Waals surface area contributed by atoms with E-state index in [9.17, 15) is 24.3 Å². The topological polar surface area (TPSA) is 115 Å². The Hall–Kier alpha value is -3.92. The zero-order valence-electron chi connectivity index (χ0n) is 17.7. The van der Waals surface area contributed by atoms with Crippen LogP contribution < -0.4 is 22.1 Å². The summed E-state index contributed by atoms with van der Waals surface area (Å²) in [4.78, 5) is 51.4. The number of aryl methyl sites for hydroxylation is 1. The number of carboxylic acids is 1. The molecule has 10 heteroatoms. The van der Waals surface area contributed by atoms with E-state index in [0.717, 1.165) is 4.47 Å². The Morgan fingerprint density at radius 3 is 2.24 bits per heavy atom. The van der Waals surface area contributed by atoms with Crippen LogP contribution in [0.3, 0.4) is 0 Å². The molecule has 0 unspecified atom stereocenters. The van der Waals surface area contributed by atoms with Gasteiger partial charge in [0.1, 0.15) is 17.7 Å². The number of benzene rings is 2. The number of pyridine rings is 1. The summed E-state index contributed by atoms with van der Waals surface area (Å²) >= 11 is 3.36. The smallest absolute Gasteiger partial charge is 0.336 e. The predicted molar refractivity (Wildman–Crippen MR) is 129 cm³/mol. The molecule has 0 aliphatic rings. The molecule has 0 aliphatic heterocycles. The van der Waals surface area contributed by atoms with Gasteiger partial charge in [-0.1, -0.05) is 34.1 Å². The van der Waals surface area contributed by atoms with Crippen LogP contribution in [0.2, 0.25) is 0 Å². The lowest BCUT2D eigenvalue weighted by molar-refractivity contribution is -0.137. The van der Waals surface area contributed by atoms with Gasteiger partial charge in [0.25, 0.3) is 11.1 Å². The monoisotopic (exact) mass is 510 g/mol. The Kier molecular flexibility index (Phi) is 5.77. The number of hydrogen-bond donors (Lipinski definition) is 2. The minimum Gasteiger partial charge on any atom is -0.480 e. The summed E-state index contributed by atoms with van der Waals surface area (Å²) in [6.07, 6.45) is 0. The maximum absolute atomic E-state index is 13.5. The number of carbonyl (C=O) groups is 1. The van der Waals surface area contributed by atoms with Gasteiger partial charge in [0.05, 0.1) is 11.2 Å². The van der Waals surface area contributed by atoms with Crippen LogP contribution in [0.4, 0.5) is 11.5 Å². The first-order valence-electron chi connectivity index (χ1n) is 9.89. The summed E-state index contributed by atoms with van der Waals surface area (Å²) in [5.74, 6) is -1.19. The van der Waals surface area contributed by atoms with E-state index in [1.807, 2.05) is 0 Å². The van der Waals surface area contributed by atoms with Gasteiger partial charge in [-0.2, -0.15) is 0 Å². The highest BCUT2D eigenvalue weighted by Gasteiger charge is 2.24. The van der Waals surface area contributed by atoms with E-state index >= 15 is 0 Å². The maximum Gasteiger partial charge on any atom is 0.336 e. The largest absolute Gasteiger partial charge is 0.480 e. The van der Waals surface area contributed by atoms with Gasteiger partial charge in [-0.25, -0.2) is 9.36 Å². The number of halogens is 1. The number of nitrogens with zero attached hydrogens (tertiary/aromatic N) is 3. The van der Waals surface area contributed by atoms with E-state index in [1.54, 1.807) is 54.6 Å². The molecule has 9 nitrogen and oxygen atoms in total. The molecule has 0 bridgehead atoms. The molecule has 0 atom stereocenters. The van der Waals surface area contributed by atoms with Crippen molar-refractivity contribution < 1.29 is 9.90 Å². The molecule has 168 valence electrons. The number of aromatic nitrogens is 3. The molecule has 0 fully saturated rings. The lowest BCUT2D eigenvalue weighted by Crippen LogP contribution is -2.43. The number of fused-ring (bicyclic) bond motifs is 1. The Morgan fingerprint density at radius 1 is 1.00 bits per heavy atom. The normalized spacial score (nSPS) is 11.0. The van der Waals surface area contributed by atoms with Crippen LogP contribution in [0, 0.1) is 6.92 Å². The highest BCUT2D eigenvalue weighted by atomic mass is 79.9. The zero-order valence-corrected chi connectivity index (χ0v) is 19.3. The third kappa shape index (κ3) is 3.89. The standard InChI is InChI=1S/C23H19BrN4O5/c1-13-19-18(20(26(2)21(13)31)25-15-10-8-14(24)9-11-15)22(32)27(12-17(29)30)23(33)28(19)16-6-4-3-5-7-16/h3-11,25H,12H2,1-2H3,(H,29,30). The lowest BCUT2D eigenvalue weighted by Gasteiger charge is -2.20. The molecular formula is C23H19BrN4O5. The van der Waals surface area contributed by atoms with Crippen molar-refractivity contribution in [1.82, 2.24) is 13.7 Å². The van der Waals surface area contributed by atoms with Crippen molar-refractivity contribution in [3.05, 3.63) is 95.8 Å². The Labute approximate surface area is 195 Å². The fourth-order valence-corrected chi connectivity index (χ4v) is 4.01. The van der Waals surface area contributed by atoms with Crippen LogP contribution in [0.15, 0.2) is 73.5 Å². The van der Waals surface area contributed by atoms with Crippen molar-refractivity contribution in [2.24, 2.45) is 7.05 Å². The van der Waals surface area contributed by atoms with Gasteiger partial charge in [0.15, 0.2) is 0 Å². The van der Waals surface area contributed by atoms with Gasteiger partial charge in [-0.15, -0.1) is 0 Å². The number of rotatable bonds is 5. The first kappa shape index (κ1) is 22.3. The van der Waals surface area contributed by atoms with E-state index in [0.29, 0.717) is 15.9 Å². The Balaban J connectivity index is 2.20. The maximum atomic E-state index is 13.5. The molecule has 2 aromatic heterocycles. The molecule has 0 amide bonds. The number of hydrogen-bond acceptors (Lipinski definition) is 5. The molecule has 2 heterocycles. The van der Waals surface area contributed by atoms with Crippen LogP contribution >= 0.6 is 15.9 Å². The van der Waals surface area contributed by atoms with Crippen LogP contribution in [-0.2, 0) is 18.4 Å². The first-order chi connectivity index (χ1) is 15.7.